The van der Waals surface area contributed by atoms with Gasteiger partial charge in [0.25, 0.3) is 0 Å². The molecule has 2 fully saturated rings. The Morgan fingerprint density at radius 3 is 2.95 bits per heavy atom. The lowest BCUT2D eigenvalue weighted by Gasteiger charge is -2.19. The van der Waals surface area contributed by atoms with E-state index < -0.39 is 0 Å². The zero-order valence-electron chi connectivity index (χ0n) is 10.9. The molecular weight excluding hydrogens is 243 g/mol. The molecule has 0 aromatic heterocycles. The minimum Gasteiger partial charge on any atom is -0.347 e. The Bertz CT molecular complexity index is 479. The Labute approximate surface area is 112 Å². The summed E-state index contributed by atoms with van der Waals surface area (Å²) in [7, 11) is 0. The zero-order valence-corrected chi connectivity index (χ0v) is 10.9. The average Bonchev–Trinajstić information content (AvgIpc) is 2.97. The van der Waals surface area contributed by atoms with Crippen molar-refractivity contribution in [3.63, 3.8) is 0 Å². The number of nitrogens with one attached hydrogen (secondary N) is 2. The van der Waals surface area contributed by atoms with Gasteiger partial charge in [0, 0.05) is 12.5 Å². The molecule has 1 atom stereocenters. The summed E-state index contributed by atoms with van der Waals surface area (Å²) in [6, 6.07) is 6.87. The summed E-state index contributed by atoms with van der Waals surface area (Å²) in [6.07, 6.45) is 4.55. The zero-order chi connectivity index (χ0) is 13.3. The van der Waals surface area contributed by atoms with Crippen molar-refractivity contribution in [1.29, 1.82) is 0 Å². The number of amides is 1. The number of hydrogen-bond donors (Lipinski definition) is 2. The molecule has 1 saturated heterocycles. The van der Waals surface area contributed by atoms with Crippen molar-refractivity contribution >= 4 is 5.91 Å². The predicted octanol–water partition coefficient (Wildman–Crippen LogP) is 2.07. The molecule has 4 heteroatoms. The fourth-order valence-electron chi connectivity index (χ4n) is 2.87. The molecule has 1 aliphatic carbocycles. The Kier molecular flexibility index (Phi) is 3.27. The van der Waals surface area contributed by atoms with E-state index in [0.29, 0.717) is 12.5 Å². The van der Waals surface area contributed by atoms with Crippen molar-refractivity contribution in [2.24, 2.45) is 0 Å². The average molecular weight is 262 g/mol. The summed E-state index contributed by atoms with van der Waals surface area (Å²) < 4.78 is 13.3. The van der Waals surface area contributed by atoms with Crippen molar-refractivity contribution < 1.29 is 9.18 Å². The number of carbonyl (C=O) groups excluding carboxylic acids is 1. The van der Waals surface area contributed by atoms with Gasteiger partial charge in [0.1, 0.15) is 5.82 Å². The van der Waals surface area contributed by atoms with Crippen LogP contribution in [-0.2, 0) is 10.3 Å². The third-order valence-electron chi connectivity index (χ3n) is 4.10. The Morgan fingerprint density at radius 2 is 2.32 bits per heavy atom. The molecule has 19 heavy (non-hydrogen) atoms. The number of rotatable bonds is 4. The van der Waals surface area contributed by atoms with Crippen molar-refractivity contribution in [3.8, 4) is 0 Å². The number of halogens is 1. The first-order valence-electron chi connectivity index (χ1n) is 6.98. The van der Waals surface area contributed by atoms with Gasteiger partial charge in [0.05, 0.1) is 5.54 Å². The first kappa shape index (κ1) is 12.6. The van der Waals surface area contributed by atoms with Crippen LogP contribution in [0.25, 0.3) is 0 Å². The fourth-order valence-corrected chi connectivity index (χ4v) is 2.87. The van der Waals surface area contributed by atoms with E-state index in [4.69, 9.17) is 0 Å². The summed E-state index contributed by atoms with van der Waals surface area (Å²) in [5.41, 5.74) is 0.581. The molecule has 0 bridgehead atoms. The van der Waals surface area contributed by atoms with Crippen LogP contribution in [0, 0.1) is 5.82 Å². The summed E-state index contributed by atoms with van der Waals surface area (Å²) in [6.45, 7) is 1.01. The molecule has 1 aromatic rings. The van der Waals surface area contributed by atoms with Crippen LogP contribution in [0.5, 0.6) is 0 Å². The summed E-state index contributed by atoms with van der Waals surface area (Å²) in [5.74, 6) is -0.170. The molecule has 102 valence electrons. The van der Waals surface area contributed by atoms with E-state index in [9.17, 15) is 9.18 Å². The molecule has 2 N–H and O–H groups in total. The van der Waals surface area contributed by atoms with E-state index in [1.165, 1.54) is 12.1 Å². The van der Waals surface area contributed by atoms with Crippen molar-refractivity contribution in [1.82, 2.24) is 10.6 Å². The van der Waals surface area contributed by atoms with Gasteiger partial charge in [-0.2, -0.15) is 0 Å². The van der Waals surface area contributed by atoms with E-state index >= 15 is 0 Å². The second-order valence-electron chi connectivity index (χ2n) is 5.64. The summed E-state index contributed by atoms with van der Waals surface area (Å²) >= 11 is 0. The van der Waals surface area contributed by atoms with E-state index in [-0.39, 0.29) is 17.3 Å². The van der Waals surface area contributed by atoms with Crippen molar-refractivity contribution in [2.75, 3.05) is 6.54 Å². The number of hydrogen-bond acceptors (Lipinski definition) is 2. The molecule has 1 aromatic carbocycles. The lowest BCUT2D eigenvalue weighted by Crippen LogP contribution is -2.38. The van der Waals surface area contributed by atoms with Crippen molar-refractivity contribution in [3.05, 3.63) is 35.6 Å². The second kappa shape index (κ2) is 4.93. The lowest BCUT2D eigenvalue weighted by molar-refractivity contribution is -0.122. The van der Waals surface area contributed by atoms with Crippen LogP contribution < -0.4 is 10.6 Å². The van der Waals surface area contributed by atoms with Gasteiger partial charge in [-0.25, -0.2) is 4.39 Å². The topological polar surface area (TPSA) is 41.1 Å². The van der Waals surface area contributed by atoms with Crippen LogP contribution in [0.3, 0.4) is 0 Å². The van der Waals surface area contributed by atoms with Crippen molar-refractivity contribution in [2.45, 2.75) is 43.7 Å². The van der Waals surface area contributed by atoms with Gasteiger partial charge >= 0.3 is 0 Å². The van der Waals surface area contributed by atoms with Crippen LogP contribution in [0.1, 0.15) is 37.7 Å². The van der Waals surface area contributed by atoms with E-state index in [2.05, 4.69) is 10.6 Å². The predicted molar refractivity (Wildman–Crippen MR) is 71.1 cm³/mol. The standard InChI is InChI=1S/C15H19FN2O/c16-12-4-1-3-11(9-12)15(6-7-15)18-14(19)10-13-5-2-8-17-13/h1,3-4,9,13,17H,2,5-8,10H2,(H,18,19). The molecule has 0 radical (unpaired) electrons. The summed E-state index contributed by atoms with van der Waals surface area (Å²) in [5, 5.41) is 6.41. The maximum Gasteiger partial charge on any atom is 0.222 e. The highest BCUT2D eigenvalue weighted by Gasteiger charge is 2.45. The maximum absolute atomic E-state index is 13.3. The minimum atomic E-state index is -0.308. The molecule has 0 spiro atoms. The Hall–Kier alpha value is -1.42. The fraction of sp³-hybridized carbons (Fsp3) is 0.533. The highest BCUT2D eigenvalue weighted by molar-refractivity contribution is 5.78. The molecule has 1 unspecified atom stereocenters. The van der Waals surface area contributed by atoms with Gasteiger partial charge in [0.15, 0.2) is 0 Å². The molecule has 1 amide bonds. The highest BCUT2D eigenvalue weighted by Crippen LogP contribution is 2.45. The van der Waals surface area contributed by atoms with Crippen LogP contribution in [0.2, 0.25) is 0 Å². The summed E-state index contributed by atoms with van der Waals surface area (Å²) in [4.78, 5) is 12.1. The SMILES string of the molecule is O=C(CC1CCCN1)NC1(c2cccc(F)c2)CC1. The molecule has 1 aliphatic heterocycles. The quantitative estimate of drug-likeness (QED) is 0.872. The molecule has 1 heterocycles. The van der Waals surface area contributed by atoms with E-state index in [1.54, 1.807) is 6.07 Å². The molecule has 2 aliphatic rings. The van der Waals surface area contributed by atoms with Crippen LogP contribution in [-0.4, -0.2) is 18.5 Å². The third-order valence-corrected chi connectivity index (χ3v) is 4.10. The molecule has 3 rings (SSSR count). The van der Waals surface area contributed by atoms with Crippen LogP contribution in [0.4, 0.5) is 4.39 Å². The molecule has 3 nitrogen and oxygen atoms in total. The Balaban J connectivity index is 1.63. The number of carbonyl (C=O) groups is 1. The lowest BCUT2D eigenvalue weighted by atomic mass is 10.0. The number of benzene rings is 1. The van der Waals surface area contributed by atoms with Gasteiger partial charge in [0.2, 0.25) is 5.91 Å². The second-order valence-corrected chi connectivity index (χ2v) is 5.64. The van der Waals surface area contributed by atoms with Crippen LogP contribution in [0.15, 0.2) is 24.3 Å². The minimum absolute atomic E-state index is 0.0705. The van der Waals surface area contributed by atoms with Gasteiger partial charge in [-0.3, -0.25) is 4.79 Å². The first-order valence-corrected chi connectivity index (χ1v) is 6.98. The monoisotopic (exact) mass is 262 g/mol. The van der Waals surface area contributed by atoms with Crippen LogP contribution >= 0.6 is 0 Å². The maximum atomic E-state index is 13.3. The molecule has 1 saturated carbocycles. The Morgan fingerprint density at radius 1 is 1.47 bits per heavy atom. The first-order chi connectivity index (χ1) is 9.18. The van der Waals surface area contributed by atoms with E-state index in [1.807, 2.05) is 6.07 Å². The smallest absolute Gasteiger partial charge is 0.222 e. The molecular formula is C15H19FN2O. The normalized spacial score (nSPS) is 24.2. The highest BCUT2D eigenvalue weighted by atomic mass is 19.1. The van der Waals surface area contributed by atoms with Gasteiger partial charge in [-0.15, -0.1) is 0 Å². The van der Waals surface area contributed by atoms with E-state index in [0.717, 1.165) is 37.8 Å². The van der Waals surface area contributed by atoms with Gasteiger partial charge < -0.3 is 10.6 Å². The van der Waals surface area contributed by atoms with Gasteiger partial charge in [-0.05, 0) is 49.9 Å². The third kappa shape index (κ3) is 2.78. The largest absolute Gasteiger partial charge is 0.347 e. The van der Waals surface area contributed by atoms with Gasteiger partial charge in [-0.1, -0.05) is 12.1 Å².